The van der Waals surface area contributed by atoms with Gasteiger partial charge in [0.15, 0.2) is 0 Å². The quantitative estimate of drug-likeness (QED) is 0.673. The summed E-state index contributed by atoms with van der Waals surface area (Å²) >= 11 is 0. The van der Waals surface area contributed by atoms with Crippen molar-refractivity contribution >= 4 is 5.91 Å². The highest BCUT2D eigenvalue weighted by Gasteiger charge is 2.24. The van der Waals surface area contributed by atoms with E-state index in [1.165, 1.54) is 6.42 Å². The standard InChI is InChI=1S/C9H18N2O2/c1-13-7-9(12)11-5-3-2-4-8(11)6-10/h8H,2-7,10H2,1H3. The zero-order valence-corrected chi connectivity index (χ0v) is 8.16. The van der Waals surface area contributed by atoms with Gasteiger partial charge in [0, 0.05) is 26.2 Å². The van der Waals surface area contributed by atoms with E-state index in [1.807, 2.05) is 4.90 Å². The molecule has 1 heterocycles. The van der Waals surface area contributed by atoms with Gasteiger partial charge in [-0.05, 0) is 19.3 Å². The average Bonchev–Trinajstić information content (AvgIpc) is 2.18. The van der Waals surface area contributed by atoms with Gasteiger partial charge in [-0.2, -0.15) is 0 Å². The van der Waals surface area contributed by atoms with Crippen molar-refractivity contribution in [3.8, 4) is 0 Å². The summed E-state index contributed by atoms with van der Waals surface area (Å²) < 4.78 is 4.82. The van der Waals surface area contributed by atoms with E-state index in [1.54, 1.807) is 7.11 Å². The third kappa shape index (κ3) is 2.67. The van der Waals surface area contributed by atoms with E-state index in [9.17, 15) is 4.79 Å². The van der Waals surface area contributed by atoms with Gasteiger partial charge in [-0.25, -0.2) is 0 Å². The minimum Gasteiger partial charge on any atom is -0.375 e. The molecule has 0 aromatic carbocycles. The van der Waals surface area contributed by atoms with Crippen molar-refractivity contribution in [1.82, 2.24) is 4.90 Å². The Morgan fingerprint density at radius 3 is 3.00 bits per heavy atom. The molecule has 1 unspecified atom stereocenters. The number of likely N-dealkylation sites (tertiary alicyclic amines) is 1. The maximum atomic E-state index is 11.5. The summed E-state index contributed by atoms with van der Waals surface area (Å²) in [6.07, 6.45) is 3.30. The first-order valence-electron chi connectivity index (χ1n) is 4.78. The van der Waals surface area contributed by atoms with Gasteiger partial charge in [-0.1, -0.05) is 0 Å². The van der Waals surface area contributed by atoms with Crippen LogP contribution in [0.15, 0.2) is 0 Å². The zero-order chi connectivity index (χ0) is 9.68. The van der Waals surface area contributed by atoms with Crippen molar-refractivity contribution in [1.29, 1.82) is 0 Å². The number of hydrogen-bond acceptors (Lipinski definition) is 3. The smallest absolute Gasteiger partial charge is 0.248 e. The molecule has 4 heteroatoms. The fourth-order valence-electron chi connectivity index (χ4n) is 1.78. The van der Waals surface area contributed by atoms with Crippen molar-refractivity contribution in [2.24, 2.45) is 5.73 Å². The lowest BCUT2D eigenvalue weighted by molar-refractivity contribution is -0.138. The highest BCUT2D eigenvalue weighted by atomic mass is 16.5. The molecule has 1 atom stereocenters. The van der Waals surface area contributed by atoms with Crippen LogP contribution in [0.25, 0.3) is 0 Å². The van der Waals surface area contributed by atoms with Gasteiger partial charge >= 0.3 is 0 Å². The maximum absolute atomic E-state index is 11.5. The van der Waals surface area contributed by atoms with E-state index in [4.69, 9.17) is 10.5 Å². The number of rotatable bonds is 3. The predicted octanol–water partition coefficient (Wildman–Crippen LogP) is -0.0274. The Bertz CT molecular complexity index is 173. The van der Waals surface area contributed by atoms with Gasteiger partial charge in [0.25, 0.3) is 0 Å². The monoisotopic (exact) mass is 186 g/mol. The molecule has 2 N–H and O–H groups in total. The SMILES string of the molecule is COCC(=O)N1CCCCC1CN. The van der Waals surface area contributed by atoms with Crippen molar-refractivity contribution in [3.63, 3.8) is 0 Å². The Morgan fingerprint density at radius 1 is 1.62 bits per heavy atom. The van der Waals surface area contributed by atoms with Crippen LogP contribution in [0.2, 0.25) is 0 Å². The molecule has 0 aromatic heterocycles. The minimum atomic E-state index is 0.0673. The lowest BCUT2D eigenvalue weighted by Gasteiger charge is -2.34. The van der Waals surface area contributed by atoms with Crippen LogP contribution >= 0.6 is 0 Å². The highest BCUT2D eigenvalue weighted by Crippen LogP contribution is 2.15. The summed E-state index contributed by atoms with van der Waals surface area (Å²) in [7, 11) is 1.54. The van der Waals surface area contributed by atoms with Crippen molar-refractivity contribution in [2.45, 2.75) is 25.3 Å². The number of nitrogens with two attached hydrogens (primary N) is 1. The van der Waals surface area contributed by atoms with Crippen molar-refractivity contribution in [2.75, 3.05) is 26.8 Å². The lowest BCUT2D eigenvalue weighted by atomic mass is 10.0. The Morgan fingerprint density at radius 2 is 2.38 bits per heavy atom. The second-order valence-electron chi connectivity index (χ2n) is 3.41. The first kappa shape index (κ1) is 10.5. The number of carbonyl (C=O) groups excluding carboxylic acids is 1. The molecule has 0 saturated carbocycles. The lowest BCUT2D eigenvalue weighted by Crippen LogP contribution is -2.48. The Kier molecular flexibility index (Phi) is 4.18. The summed E-state index contributed by atoms with van der Waals surface area (Å²) in [6.45, 7) is 1.58. The predicted molar refractivity (Wildman–Crippen MR) is 50.3 cm³/mol. The van der Waals surface area contributed by atoms with E-state index >= 15 is 0 Å². The number of piperidine rings is 1. The maximum Gasteiger partial charge on any atom is 0.248 e. The fourth-order valence-corrected chi connectivity index (χ4v) is 1.78. The van der Waals surface area contributed by atoms with Crippen LogP contribution in [0, 0.1) is 0 Å². The Labute approximate surface area is 79.0 Å². The van der Waals surface area contributed by atoms with Crippen LogP contribution in [0.3, 0.4) is 0 Å². The summed E-state index contributed by atoms with van der Waals surface area (Å²) in [5.74, 6) is 0.0673. The van der Waals surface area contributed by atoms with Gasteiger partial charge in [-0.15, -0.1) is 0 Å². The summed E-state index contributed by atoms with van der Waals surface area (Å²) in [4.78, 5) is 13.4. The molecule has 4 nitrogen and oxygen atoms in total. The summed E-state index contributed by atoms with van der Waals surface area (Å²) in [6, 6.07) is 0.233. The van der Waals surface area contributed by atoms with Crippen LogP contribution in [-0.2, 0) is 9.53 Å². The Balaban J connectivity index is 2.48. The molecule has 0 aliphatic carbocycles. The molecule has 1 aliphatic heterocycles. The van der Waals surface area contributed by atoms with Gasteiger partial charge in [0.2, 0.25) is 5.91 Å². The topological polar surface area (TPSA) is 55.6 Å². The van der Waals surface area contributed by atoms with Gasteiger partial charge in [0.05, 0.1) is 0 Å². The van der Waals surface area contributed by atoms with Crippen LogP contribution in [-0.4, -0.2) is 43.7 Å². The number of methoxy groups -OCH3 is 1. The number of hydrogen-bond donors (Lipinski definition) is 1. The largest absolute Gasteiger partial charge is 0.375 e. The van der Waals surface area contributed by atoms with E-state index < -0.39 is 0 Å². The zero-order valence-electron chi connectivity index (χ0n) is 8.16. The number of carbonyl (C=O) groups is 1. The Hall–Kier alpha value is -0.610. The van der Waals surface area contributed by atoms with E-state index in [0.717, 1.165) is 19.4 Å². The third-order valence-electron chi connectivity index (χ3n) is 2.49. The average molecular weight is 186 g/mol. The molecule has 1 fully saturated rings. The van der Waals surface area contributed by atoms with Gasteiger partial charge in [-0.3, -0.25) is 4.79 Å². The number of ether oxygens (including phenoxy) is 1. The third-order valence-corrected chi connectivity index (χ3v) is 2.49. The van der Waals surface area contributed by atoms with E-state index in [0.29, 0.717) is 6.54 Å². The molecular formula is C9H18N2O2. The molecule has 76 valence electrons. The molecule has 0 spiro atoms. The normalized spacial score (nSPS) is 23.2. The molecule has 13 heavy (non-hydrogen) atoms. The molecule has 1 aliphatic rings. The minimum absolute atomic E-state index is 0.0673. The molecule has 1 amide bonds. The first-order valence-corrected chi connectivity index (χ1v) is 4.78. The van der Waals surface area contributed by atoms with Crippen LogP contribution in [0.1, 0.15) is 19.3 Å². The van der Waals surface area contributed by atoms with Crippen LogP contribution < -0.4 is 5.73 Å². The molecule has 1 rings (SSSR count). The van der Waals surface area contributed by atoms with Gasteiger partial charge in [0.1, 0.15) is 6.61 Å². The van der Waals surface area contributed by atoms with Crippen molar-refractivity contribution < 1.29 is 9.53 Å². The molecule has 0 radical (unpaired) electrons. The molecular weight excluding hydrogens is 168 g/mol. The van der Waals surface area contributed by atoms with Crippen LogP contribution in [0.5, 0.6) is 0 Å². The van der Waals surface area contributed by atoms with Crippen LogP contribution in [0.4, 0.5) is 0 Å². The fraction of sp³-hybridized carbons (Fsp3) is 0.889. The molecule has 0 bridgehead atoms. The summed E-state index contributed by atoms with van der Waals surface area (Å²) in [5, 5.41) is 0. The number of amides is 1. The van der Waals surface area contributed by atoms with E-state index in [2.05, 4.69) is 0 Å². The second-order valence-corrected chi connectivity index (χ2v) is 3.41. The van der Waals surface area contributed by atoms with Gasteiger partial charge < -0.3 is 15.4 Å². The number of nitrogens with zero attached hydrogens (tertiary/aromatic N) is 1. The van der Waals surface area contributed by atoms with Crippen molar-refractivity contribution in [3.05, 3.63) is 0 Å². The molecule has 1 saturated heterocycles. The summed E-state index contributed by atoms with van der Waals surface area (Å²) in [5.41, 5.74) is 5.59. The molecule has 0 aromatic rings. The van der Waals surface area contributed by atoms with E-state index in [-0.39, 0.29) is 18.6 Å². The second kappa shape index (κ2) is 5.19. The first-order chi connectivity index (χ1) is 6.29. The highest BCUT2D eigenvalue weighted by molar-refractivity contribution is 5.77.